The molecule has 0 aliphatic rings. The SMILES string of the molecule is C=CC[C@H](N[C@@H](C)[C@H](OC)c1ccccc1)c1ccccc1. The predicted molar refractivity (Wildman–Crippen MR) is 92.8 cm³/mol. The average molecular weight is 295 g/mol. The van der Waals surface area contributed by atoms with Crippen molar-refractivity contribution in [3.63, 3.8) is 0 Å². The molecular formula is C20H25NO. The summed E-state index contributed by atoms with van der Waals surface area (Å²) in [4.78, 5) is 0. The number of methoxy groups -OCH3 is 1. The quantitative estimate of drug-likeness (QED) is 0.715. The summed E-state index contributed by atoms with van der Waals surface area (Å²) in [6.45, 7) is 6.05. The van der Waals surface area contributed by atoms with Crippen molar-refractivity contribution in [2.75, 3.05) is 7.11 Å². The normalized spacial score (nSPS) is 15.0. The molecule has 0 aromatic heterocycles. The van der Waals surface area contributed by atoms with Gasteiger partial charge in [0.15, 0.2) is 0 Å². The summed E-state index contributed by atoms with van der Waals surface area (Å²) in [6.07, 6.45) is 2.87. The minimum atomic E-state index is 0.0252. The number of ether oxygens (including phenoxy) is 1. The van der Waals surface area contributed by atoms with E-state index in [2.05, 4.69) is 55.2 Å². The third-order valence-corrected chi connectivity index (χ3v) is 3.90. The second kappa shape index (κ2) is 8.52. The van der Waals surface area contributed by atoms with Gasteiger partial charge in [-0.2, -0.15) is 0 Å². The van der Waals surface area contributed by atoms with Gasteiger partial charge in [-0.25, -0.2) is 0 Å². The van der Waals surface area contributed by atoms with Crippen LogP contribution in [0.25, 0.3) is 0 Å². The fourth-order valence-electron chi connectivity index (χ4n) is 2.83. The molecule has 0 radical (unpaired) electrons. The highest BCUT2D eigenvalue weighted by Gasteiger charge is 2.21. The number of hydrogen-bond acceptors (Lipinski definition) is 2. The second-order valence-electron chi connectivity index (χ2n) is 5.51. The molecule has 1 N–H and O–H groups in total. The Morgan fingerprint density at radius 2 is 1.55 bits per heavy atom. The zero-order chi connectivity index (χ0) is 15.8. The summed E-state index contributed by atoms with van der Waals surface area (Å²) in [5.74, 6) is 0. The molecule has 0 fully saturated rings. The molecule has 0 amide bonds. The molecule has 0 saturated heterocycles. The molecule has 116 valence electrons. The molecule has 2 aromatic carbocycles. The Hall–Kier alpha value is -1.90. The van der Waals surface area contributed by atoms with Crippen LogP contribution >= 0.6 is 0 Å². The van der Waals surface area contributed by atoms with E-state index in [1.54, 1.807) is 7.11 Å². The van der Waals surface area contributed by atoms with Gasteiger partial charge in [0.05, 0.1) is 6.10 Å². The number of benzene rings is 2. The Morgan fingerprint density at radius 1 is 1.00 bits per heavy atom. The van der Waals surface area contributed by atoms with Gasteiger partial charge >= 0.3 is 0 Å². The van der Waals surface area contributed by atoms with Gasteiger partial charge in [0.25, 0.3) is 0 Å². The van der Waals surface area contributed by atoms with Crippen molar-refractivity contribution >= 4 is 0 Å². The monoisotopic (exact) mass is 295 g/mol. The molecule has 0 bridgehead atoms. The highest BCUT2D eigenvalue weighted by molar-refractivity contribution is 5.22. The van der Waals surface area contributed by atoms with Gasteiger partial charge in [0.2, 0.25) is 0 Å². The highest BCUT2D eigenvalue weighted by atomic mass is 16.5. The Balaban J connectivity index is 2.13. The van der Waals surface area contributed by atoms with E-state index in [0.717, 1.165) is 6.42 Å². The molecule has 2 heteroatoms. The van der Waals surface area contributed by atoms with Crippen molar-refractivity contribution in [2.45, 2.75) is 31.5 Å². The first-order valence-electron chi connectivity index (χ1n) is 7.76. The summed E-state index contributed by atoms with van der Waals surface area (Å²) in [6, 6.07) is 21.3. The Kier molecular flexibility index (Phi) is 6.38. The summed E-state index contributed by atoms with van der Waals surface area (Å²) in [7, 11) is 1.76. The molecule has 2 aromatic rings. The van der Waals surface area contributed by atoms with Gasteiger partial charge in [0.1, 0.15) is 0 Å². The first-order chi connectivity index (χ1) is 10.8. The maximum atomic E-state index is 5.72. The fourth-order valence-corrected chi connectivity index (χ4v) is 2.83. The molecule has 22 heavy (non-hydrogen) atoms. The first-order valence-corrected chi connectivity index (χ1v) is 7.76. The van der Waals surface area contributed by atoms with E-state index in [-0.39, 0.29) is 18.2 Å². The number of nitrogens with one attached hydrogen (secondary N) is 1. The van der Waals surface area contributed by atoms with Crippen LogP contribution < -0.4 is 5.32 Å². The van der Waals surface area contributed by atoms with Crippen LogP contribution in [0.3, 0.4) is 0 Å². The van der Waals surface area contributed by atoms with E-state index in [1.807, 2.05) is 30.3 Å². The first kappa shape index (κ1) is 16.5. The van der Waals surface area contributed by atoms with Gasteiger partial charge < -0.3 is 10.1 Å². The van der Waals surface area contributed by atoms with Gasteiger partial charge in [-0.05, 0) is 24.5 Å². The zero-order valence-electron chi connectivity index (χ0n) is 13.4. The van der Waals surface area contributed by atoms with E-state index in [9.17, 15) is 0 Å². The number of hydrogen-bond donors (Lipinski definition) is 1. The van der Waals surface area contributed by atoms with Gasteiger partial charge in [-0.3, -0.25) is 0 Å². The molecule has 0 saturated carbocycles. The molecule has 0 heterocycles. The largest absolute Gasteiger partial charge is 0.375 e. The summed E-state index contributed by atoms with van der Waals surface area (Å²) in [5.41, 5.74) is 2.47. The van der Waals surface area contributed by atoms with Crippen molar-refractivity contribution in [3.8, 4) is 0 Å². The topological polar surface area (TPSA) is 21.3 Å². The predicted octanol–water partition coefficient (Wildman–Crippen LogP) is 4.67. The highest BCUT2D eigenvalue weighted by Crippen LogP contribution is 2.24. The van der Waals surface area contributed by atoms with Crippen molar-refractivity contribution in [3.05, 3.63) is 84.4 Å². The van der Waals surface area contributed by atoms with Crippen molar-refractivity contribution in [1.82, 2.24) is 5.32 Å². The summed E-state index contributed by atoms with van der Waals surface area (Å²) >= 11 is 0. The van der Waals surface area contributed by atoms with Crippen LogP contribution in [-0.4, -0.2) is 13.2 Å². The molecular weight excluding hydrogens is 270 g/mol. The zero-order valence-corrected chi connectivity index (χ0v) is 13.4. The minimum absolute atomic E-state index is 0.0252. The lowest BCUT2D eigenvalue weighted by Crippen LogP contribution is -2.36. The van der Waals surface area contributed by atoms with Gasteiger partial charge in [-0.1, -0.05) is 66.7 Å². The van der Waals surface area contributed by atoms with Crippen LogP contribution in [0.5, 0.6) is 0 Å². The lowest BCUT2D eigenvalue weighted by molar-refractivity contribution is 0.0694. The molecule has 2 rings (SSSR count). The fraction of sp³-hybridized carbons (Fsp3) is 0.300. The Morgan fingerprint density at radius 3 is 2.05 bits per heavy atom. The van der Waals surface area contributed by atoms with Crippen molar-refractivity contribution in [2.24, 2.45) is 0 Å². The minimum Gasteiger partial charge on any atom is -0.375 e. The van der Waals surface area contributed by atoms with Crippen molar-refractivity contribution in [1.29, 1.82) is 0 Å². The standard InChI is InChI=1S/C20H25NO/c1-4-11-19(17-12-7-5-8-13-17)21-16(2)20(22-3)18-14-9-6-10-15-18/h4-10,12-16,19-21H,1,11H2,2-3H3/t16-,19-,20-/m0/s1. The lowest BCUT2D eigenvalue weighted by atomic mass is 9.99. The smallest absolute Gasteiger partial charge is 0.0971 e. The number of rotatable bonds is 8. The van der Waals surface area contributed by atoms with E-state index in [1.165, 1.54) is 11.1 Å². The van der Waals surface area contributed by atoms with Crippen molar-refractivity contribution < 1.29 is 4.74 Å². The molecule has 3 atom stereocenters. The lowest BCUT2D eigenvalue weighted by Gasteiger charge is -2.29. The van der Waals surface area contributed by atoms with E-state index in [4.69, 9.17) is 4.74 Å². The molecule has 0 spiro atoms. The van der Waals surface area contributed by atoms with Crippen LogP contribution in [0.1, 0.15) is 36.6 Å². The third kappa shape index (κ3) is 4.30. The molecule has 0 aliphatic heterocycles. The molecule has 0 aliphatic carbocycles. The summed E-state index contributed by atoms with van der Waals surface area (Å²) in [5, 5.41) is 3.69. The van der Waals surface area contributed by atoms with Crippen LogP contribution in [0.15, 0.2) is 73.3 Å². The third-order valence-electron chi connectivity index (χ3n) is 3.90. The van der Waals surface area contributed by atoms with E-state index >= 15 is 0 Å². The summed E-state index contributed by atoms with van der Waals surface area (Å²) < 4.78 is 5.72. The maximum absolute atomic E-state index is 5.72. The Labute approximate surface area is 133 Å². The van der Waals surface area contributed by atoms with Crippen LogP contribution in [0.4, 0.5) is 0 Å². The van der Waals surface area contributed by atoms with Crippen LogP contribution in [-0.2, 0) is 4.74 Å². The average Bonchev–Trinajstić information content (AvgIpc) is 2.57. The maximum Gasteiger partial charge on any atom is 0.0971 e. The van der Waals surface area contributed by atoms with Crippen LogP contribution in [0, 0.1) is 0 Å². The Bertz CT molecular complexity index is 552. The van der Waals surface area contributed by atoms with Gasteiger partial charge in [0, 0.05) is 19.2 Å². The van der Waals surface area contributed by atoms with E-state index in [0.29, 0.717) is 0 Å². The van der Waals surface area contributed by atoms with Crippen LogP contribution in [0.2, 0.25) is 0 Å². The molecule has 0 unspecified atom stereocenters. The second-order valence-corrected chi connectivity index (χ2v) is 5.51. The van der Waals surface area contributed by atoms with E-state index < -0.39 is 0 Å². The van der Waals surface area contributed by atoms with Gasteiger partial charge in [-0.15, -0.1) is 6.58 Å². The molecule has 2 nitrogen and oxygen atoms in total.